The fourth-order valence-corrected chi connectivity index (χ4v) is 1.64. The van der Waals surface area contributed by atoms with E-state index >= 15 is 0 Å². The summed E-state index contributed by atoms with van der Waals surface area (Å²) in [4.78, 5) is 2.14. The predicted octanol–water partition coefficient (Wildman–Crippen LogP) is 0.116. The minimum absolute atomic E-state index is 0.138. The number of aliphatic hydroxyl groups is 1. The lowest BCUT2D eigenvalue weighted by molar-refractivity contribution is -0.00258. The van der Waals surface area contributed by atoms with Crippen LogP contribution in [0, 0.1) is 0 Å². The van der Waals surface area contributed by atoms with Gasteiger partial charge in [0.15, 0.2) is 0 Å². The number of nitrogens with one attached hydrogen (secondary N) is 1. The Morgan fingerprint density at radius 3 is 2.53 bits per heavy atom. The van der Waals surface area contributed by atoms with E-state index in [2.05, 4.69) is 10.2 Å². The van der Waals surface area contributed by atoms with E-state index in [9.17, 15) is 0 Å². The third-order valence-electron chi connectivity index (χ3n) is 2.54. The largest absolute Gasteiger partial charge is 0.508 e. The van der Waals surface area contributed by atoms with E-state index in [1.807, 2.05) is 12.1 Å². The van der Waals surface area contributed by atoms with Gasteiger partial charge in [0.2, 0.25) is 0 Å². The quantitative estimate of drug-likeness (QED) is 0.657. The Kier molecular flexibility index (Phi) is 3.20. The van der Waals surface area contributed by atoms with Gasteiger partial charge in [-0.1, -0.05) is 12.1 Å². The topological polar surface area (TPSA) is 55.7 Å². The van der Waals surface area contributed by atoms with Crippen LogP contribution in [0.1, 0.15) is 5.56 Å². The molecule has 0 amide bonds. The summed E-state index contributed by atoms with van der Waals surface area (Å²) >= 11 is 0. The molecule has 0 saturated carbocycles. The second kappa shape index (κ2) is 4.61. The maximum Gasteiger partial charge on any atom is 0.115 e. The summed E-state index contributed by atoms with van der Waals surface area (Å²) in [6.07, 6.45) is -0.138. The first-order chi connectivity index (χ1) is 7.24. The number of aliphatic hydroxyl groups excluding tert-OH is 1. The van der Waals surface area contributed by atoms with Crippen LogP contribution in [0.3, 0.4) is 0 Å². The van der Waals surface area contributed by atoms with Crippen LogP contribution in [0.25, 0.3) is 0 Å². The fraction of sp³-hybridized carbons (Fsp3) is 0.455. The van der Waals surface area contributed by atoms with Crippen LogP contribution in [-0.4, -0.2) is 41.0 Å². The second-order valence-electron chi connectivity index (χ2n) is 3.94. The molecule has 15 heavy (non-hydrogen) atoms. The van der Waals surface area contributed by atoms with Crippen molar-refractivity contribution in [2.45, 2.75) is 12.6 Å². The minimum Gasteiger partial charge on any atom is -0.508 e. The first kappa shape index (κ1) is 10.4. The molecule has 4 heteroatoms. The van der Waals surface area contributed by atoms with Crippen molar-refractivity contribution >= 4 is 0 Å². The Balaban J connectivity index is 1.67. The van der Waals surface area contributed by atoms with E-state index in [0.717, 1.165) is 31.9 Å². The van der Waals surface area contributed by atoms with Crippen LogP contribution in [0.4, 0.5) is 0 Å². The summed E-state index contributed by atoms with van der Waals surface area (Å²) in [5.41, 5.74) is 1.15. The lowest BCUT2D eigenvalue weighted by Gasteiger charge is -2.35. The summed E-state index contributed by atoms with van der Waals surface area (Å²) in [5.74, 6) is 0.296. The average molecular weight is 208 g/mol. The molecule has 0 bridgehead atoms. The molecule has 82 valence electrons. The minimum atomic E-state index is -0.138. The van der Waals surface area contributed by atoms with Gasteiger partial charge < -0.3 is 15.5 Å². The molecule has 4 nitrogen and oxygen atoms in total. The van der Waals surface area contributed by atoms with Crippen molar-refractivity contribution in [1.29, 1.82) is 0 Å². The van der Waals surface area contributed by atoms with Gasteiger partial charge in [-0.2, -0.15) is 0 Å². The molecule has 2 rings (SSSR count). The summed E-state index contributed by atoms with van der Waals surface area (Å²) in [7, 11) is 0. The van der Waals surface area contributed by atoms with Gasteiger partial charge in [-0.3, -0.25) is 4.90 Å². The maximum atomic E-state index is 9.09. The van der Waals surface area contributed by atoms with E-state index < -0.39 is 0 Å². The zero-order valence-electron chi connectivity index (χ0n) is 8.56. The Morgan fingerprint density at radius 2 is 1.93 bits per heavy atom. The summed E-state index contributed by atoms with van der Waals surface area (Å²) in [5, 5.41) is 21.4. The highest BCUT2D eigenvalue weighted by Gasteiger charge is 2.22. The number of phenolic OH excluding ortho intramolecular Hbond substituents is 1. The van der Waals surface area contributed by atoms with Gasteiger partial charge >= 0.3 is 0 Å². The lowest BCUT2D eigenvalue weighted by atomic mass is 10.2. The average Bonchev–Trinajstić information content (AvgIpc) is 2.18. The molecule has 0 spiro atoms. The molecule has 0 atom stereocenters. The van der Waals surface area contributed by atoms with E-state index in [4.69, 9.17) is 10.2 Å². The van der Waals surface area contributed by atoms with E-state index in [-0.39, 0.29) is 6.10 Å². The van der Waals surface area contributed by atoms with Crippen molar-refractivity contribution in [2.24, 2.45) is 0 Å². The molecule has 1 fully saturated rings. The fourth-order valence-electron chi connectivity index (χ4n) is 1.64. The second-order valence-corrected chi connectivity index (χ2v) is 3.94. The highest BCUT2D eigenvalue weighted by molar-refractivity contribution is 5.25. The lowest BCUT2D eigenvalue weighted by Crippen LogP contribution is -2.53. The van der Waals surface area contributed by atoms with Crippen molar-refractivity contribution < 1.29 is 10.2 Å². The molecule has 1 saturated heterocycles. The Morgan fingerprint density at radius 1 is 1.27 bits per heavy atom. The number of likely N-dealkylation sites (tertiary alicyclic amines) is 1. The zero-order chi connectivity index (χ0) is 10.7. The molecule has 3 N–H and O–H groups in total. The van der Waals surface area contributed by atoms with Crippen LogP contribution in [-0.2, 0) is 6.54 Å². The van der Waals surface area contributed by atoms with Gasteiger partial charge in [-0.15, -0.1) is 0 Å². The Bertz CT molecular complexity index is 307. The number of β-amino-alcohol motifs (C(OH)–C–C–N with tert-alkyl or cyclic N) is 1. The van der Waals surface area contributed by atoms with Gasteiger partial charge in [-0.05, 0) is 17.7 Å². The molecule has 1 aliphatic heterocycles. The predicted molar refractivity (Wildman–Crippen MR) is 57.4 cm³/mol. The van der Waals surface area contributed by atoms with Crippen LogP contribution in [0.2, 0.25) is 0 Å². The van der Waals surface area contributed by atoms with Crippen molar-refractivity contribution in [1.82, 2.24) is 10.2 Å². The van der Waals surface area contributed by atoms with Gasteiger partial charge in [-0.25, -0.2) is 0 Å². The maximum absolute atomic E-state index is 9.09. The number of nitrogens with zero attached hydrogens (tertiary/aromatic N) is 1. The SMILES string of the molecule is Oc1ccc(CNCN2CC(O)C2)cc1. The van der Waals surface area contributed by atoms with Crippen LogP contribution in [0.5, 0.6) is 5.75 Å². The number of rotatable bonds is 4. The Hall–Kier alpha value is -1.10. The standard InChI is InChI=1S/C11H16N2O2/c14-10-3-1-9(2-4-10)5-12-8-13-6-11(15)7-13/h1-4,11-12,14-15H,5-8H2. The van der Waals surface area contributed by atoms with E-state index in [1.54, 1.807) is 12.1 Å². The van der Waals surface area contributed by atoms with Crippen molar-refractivity contribution in [2.75, 3.05) is 19.8 Å². The molecule has 0 aliphatic carbocycles. The normalized spacial score (nSPS) is 17.7. The van der Waals surface area contributed by atoms with Gasteiger partial charge in [0.1, 0.15) is 5.75 Å². The number of phenols is 1. The first-order valence-electron chi connectivity index (χ1n) is 5.13. The van der Waals surface area contributed by atoms with Crippen molar-refractivity contribution in [3.8, 4) is 5.75 Å². The van der Waals surface area contributed by atoms with E-state index in [1.165, 1.54) is 0 Å². The van der Waals surface area contributed by atoms with E-state index in [0.29, 0.717) is 5.75 Å². The summed E-state index contributed by atoms with van der Waals surface area (Å²) < 4.78 is 0. The number of benzene rings is 1. The monoisotopic (exact) mass is 208 g/mol. The molecule has 1 aromatic carbocycles. The molecule has 1 heterocycles. The third-order valence-corrected chi connectivity index (χ3v) is 2.54. The number of aromatic hydroxyl groups is 1. The first-order valence-corrected chi connectivity index (χ1v) is 5.13. The molecular weight excluding hydrogens is 192 g/mol. The summed E-state index contributed by atoms with van der Waals surface area (Å²) in [6.45, 7) is 3.12. The molecule has 1 aromatic rings. The van der Waals surface area contributed by atoms with Crippen LogP contribution in [0.15, 0.2) is 24.3 Å². The van der Waals surface area contributed by atoms with Gasteiger partial charge in [0.25, 0.3) is 0 Å². The Labute approximate surface area is 89.1 Å². The zero-order valence-corrected chi connectivity index (χ0v) is 8.56. The molecule has 0 radical (unpaired) electrons. The smallest absolute Gasteiger partial charge is 0.115 e. The van der Waals surface area contributed by atoms with Crippen molar-refractivity contribution in [3.05, 3.63) is 29.8 Å². The van der Waals surface area contributed by atoms with Crippen LogP contribution >= 0.6 is 0 Å². The summed E-state index contributed by atoms with van der Waals surface area (Å²) in [6, 6.07) is 7.16. The molecule has 1 aliphatic rings. The molecular formula is C11H16N2O2. The third kappa shape index (κ3) is 2.92. The molecule has 0 aromatic heterocycles. The highest BCUT2D eigenvalue weighted by Crippen LogP contribution is 2.09. The molecule has 0 unspecified atom stereocenters. The van der Waals surface area contributed by atoms with Gasteiger partial charge in [0.05, 0.1) is 6.10 Å². The van der Waals surface area contributed by atoms with Gasteiger partial charge in [0, 0.05) is 26.3 Å². The van der Waals surface area contributed by atoms with Crippen molar-refractivity contribution in [3.63, 3.8) is 0 Å². The highest BCUT2D eigenvalue weighted by atomic mass is 16.3. The number of hydrogen-bond acceptors (Lipinski definition) is 4. The number of hydrogen-bond donors (Lipinski definition) is 3. The van der Waals surface area contributed by atoms with Crippen LogP contribution < -0.4 is 5.32 Å².